The zero-order valence-corrected chi connectivity index (χ0v) is 8.41. The Morgan fingerprint density at radius 2 is 2.29 bits per heavy atom. The first kappa shape index (κ1) is 10.3. The second-order valence-corrected chi connectivity index (χ2v) is 2.55. The molecular weight excluding hydrogens is 174 g/mol. The number of nitriles is 1. The van der Waals surface area contributed by atoms with Gasteiger partial charge in [-0.15, -0.1) is 0 Å². The molecule has 2 aromatic rings. The summed E-state index contributed by atoms with van der Waals surface area (Å²) >= 11 is 0. The third-order valence-electron chi connectivity index (χ3n) is 1.81. The van der Waals surface area contributed by atoms with E-state index in [1.165, 1.54) is 0 Å². The summed E-state index contributed by atoms with van der Waals surface area (Å²) in [5.41, 5.74) is 1.86. The highest BCUT2D eigenvalue weighted by Gasteiger charge is 2.01. The van der Waals surface area contributed by atoms with Crippen molar-refractivity contribution in [3.63, 3.8) is 0 Å². The molecule has 2 rings (SSSR count). The Kier molecular flexibility index (Phi) is 3.69. The Labute approximate surface area is 83.4 Å². The van der Waals surface area contributed by atoms with Crippen LogP contribution in [0.3, 0.4) is 0 Å². The van der Waals surface area contributed by atoms with E-state index in [2.05, 4.69) is 16.0 Å². The Bertz CT molecular complexity index is 437. The van der Waals surface area contributed by atoms with E-state index in [1.54, 1.807) is 6.20 Å². The van der Waals surface area contributed by atoms with Crippen LogP contribution in [0.4, 0.5) is 0 Å². The van der Waals surface area contributed by atoms with Crippen molar-refractivity contribution in [2.24, 2.45) is 0 Å². The molecule has 0 fully saturated rings. The molecule has 0 spiro atoms. The van der Waals surface area contributed by atoms with Gasteiger partial charge in [-0.05, 0) is 17.7 Å². The third kappa shape index (κ3) is 1.91. The van der Waals surface area contributed by atoms with E-state index in [4.69, 9.17) is 5.26 Å². The number of nitrogens with zero attached hydrogens (tertiary/aromatic N) is 2. The van der Waals surface area contributed by atoms with Crippen molar-refractivity contribution in [3.05, 3.63) is 30.1 Å². The molecule has 0 saturated heterocycles. The normalized spacial score (nSPS) is 8.93. The number of nitrogens with one attached hydrogen (secondary N) is 1. The van der Waals surface area contributed by atoms with Crippen molar-refractivity contribution in [3.8, 4) is 6.07 Å². The number of hydrogen-bond donors (Lipinski definition) is 1. The minimum atomic E-state index is 0.436. The molecule has 0 saturated carbocycles. The molecule has 2 heterocycles. The summed E-state index contributed by atoms with van der Waals surface area (Å²) in [6.45, 7) is 4.00. The van der Waals surface area contributed by atoms with E-state index < -0.39 is 0 Å². The molecule has 0 amide bonds. The van der Waals surface area contributed by atoms with Crippen molar-refractivity contribution >= 4 is 11.0 Å². The summed E-state index contributed by atoms with van der Waals surface area (Å²) in [5.74, 6) is 0. The highest BCUT2D eigenvalue weighted by atomic mass is 14.8. The largest absolute Gasteiger partial charge is 0.346 e. The van der Waals surface area contributed by atoms with Crippen molar-refractivity contribution in [1.82, 2.24) is 9.97 Å². The highest BCUT2D eigenvalue weighted by molar-refractivity contribution is 5.79. The van der Waals surface area contributed by atoms with Crippen LogP contribution in [0.1, 0.15) is 19.4 Å². The topological polar surface area (TPSA) is 52.5 Å². The Morgan fingerprint density at radius 3 is 3.00 bits per heavy atom. The molecule has 0 atom stereocenters. The van der Waals surface area contributed by atoms with Crippen molar-refractivity contribution in [1.29, 1.82) is 5.26 Å². The summed E-state index contributed by atoms with van der Waals surface area (Å²) in [4.78, 5) is 7.13. The van der Waals surface area contributed by atoms with Gasteiger partial charge in [-0.3, -0.25) is 0 Å². The van der Waals surface area contributed by atoms with Gasteiger partial charge in [-0.2, -0.15) is 5.26 Å². The number of H-pyrrole nitrogens is 1. The average Bonchev–Trinajstić information content (AvgIpc) is 2.66. The molecule has 3 nitrogen and oxygen atoms in total. The van der Waals surface area contributed by atoms with Crippen LogP contribution in [0.5, 0.6) is 0 Å². The molecule has 1 N–H and O–H groups in total. The number of rotatable bonds is 1. The molecule has 0 aliphatic rings. The molecule has 72 valence electrons. The van der Waals surface area contributed by atoms with Gasteiger partial charge in [0, 0.05) is 17.8 Å². The van der Waals surface area contributed by atoms with Gasteiger partial charge in [-0.25, -0.2) is 4.98 Å². The van der Waals surface area contributed by atoms with Crippen LogP contribution < -0.4 is 0 Å². The Hall–Kier alpha value is -1.82. The van der Waals surface area contributed by atoms with E-state index in [0.717, 1.165) is 16.6 Å². The van der Waals surface area contributed by atoms with Gasteiger partial charge in [0.1, 0.15) is 5.65 Å². The third-order valence-corrected chi connectivity index (χ3v) is 1.81. The predicted octanol–water partition coefficient (Wildman–Crippen LogP) is 2.66. The molecule has 0 bridgehead atoms. The predicted molar refractivity (Wildman–Crippen MR) is 56.8 cm³/mol. The molecule has 0 aromatic carbocycles. The number of aromatic amines is 1. The lowest BCUT2D eigenvalue weighted by Crippen LogP contribution is -1.77. The number of fused-ring (bicyclic) bond motifs is 1. The van der Waals surface area contributed by atoms with Crippen molar-refractivity contribution < 1.29 is 0 Å². The second kappa shape index (κ2) is 5.03. The van der Waals surface area contributed by atoms with E-state index in [1.807, 2.05) is 32.2 Å². The van der Waals surface area contributed by atoms with Crippen LogP contribution in [-0.2, 0) is 6.42 Å². The minimum Gasteiger partial charge on any atom is -0.346 e. The van der Waals surface area contributed by atoms with E-state index in [0.29, 0.717) is 6.42 Å². The summed E-state index contributed by atoms with van der Waals surface area (Å²) in [6, 6.07) is 5.95. The first-order valence-electron chi connectivity index (χ1n) is 4.70. The van der Waals surface area contributed by atoms with Crippen LogP contribution in [0.15, 0.2) is 24.5 Å². The fraction of sp³-hybridized carbons (Fsp3) is 0.273. The maximum absolute atomic E-state index is 8.51. The fourth-order valence-electron chi connectivity index (χ4n) is 1.24. The fourth-order valence-corrected chi connectivity index (χ4v) is 1.24. The van der Waals surface area contributed by atoms with E-state index in [9.17, 15) is 0 Å². The summed E-state index contributed by atoms with van der Waals surface area (Å²) in [7, 11) is 0. The summed E-state index contributed by atoms with van der Waals surface area (Å²) < 4.78 is 0. The lowest BCUT2D eigenvalue weighted by molar-refractivity contribution is 1.27. The van der Waals surface area contributed by atoms with Gasteiger partial charge in [0.05, 0.1) is 12.5 Å². The maximum Gasteiger partial charge on any atom is 0.137 e. The quantitative estimate of drug-likeness (QED) is 0.746. The SMILES string of the molecule is CC.N#CCc1c[nH]c2ncccc12. The number of pyridine rings is 1. The van der Waals surface area contributed by atoms with Gasteiger partial charge in [0.2, 0.25) is 0 Å². The first-order valence-corrected chi connectivity index (χ1v) is 4.70. The molecular formula is C11H13N3. The lowest BCUT2D eigenvalue weighted by atomic mass is 10.2. The smallest absolute Gasteiger partial charge is 0.137 e. The lowest BCUT2D eigenvalue weighted by Gasteiger charge is -1.88. The standard InChI is InChI=1S/C9H7N3.C2H6/c10-4-3-7-6-12-9-8(7)2-1-5-11-9;1-2/h1-2,5-6H,3H2,(H,11,12);1-2H3. The van der Waals surface area contributed by atoms with Gasteiger partial charge >= 0.3 is 0 Å². The highest BCUT2D eigenvalue weighted by Crippen LogP contribution is 2.15. The van der Waals surface area contributed by atoms with E-state index >= 15 is 0 Å². The average molecular weight is 187 g/mol. The zero-order chi connectivity index (χ0) is 10.4. The van der Waals surface area contributed by atoms with Gasteiger partial charge in [0.25, 0.3) is 0 Å². The molecule has 0 aliphatic carbocycles. The van der Waals surface area contributed by atoms with E-state index in [-0.39, 0.29) is 0 Å². The first-order chi connectivity index (χ1) is 6.92. The molecule has 14 heavy (non-hydrogen) atoms. The minimum absolute atomic E-state index is 0.436. The van der Waals surface area contributed by atoms with Crippen LogP contribution in [0.2, 0.25) is 0 Å². The number of hydrogen-bond acceptors (Lipinski definition) is 2. The Morgan fingerprint density at radius 1 is 1.50 bits per heavy atom. The van der Waals surface area contributed by atoms with Crippen molar-refractivity contribution in [2.75, 3.05) is 0 Å². The van der Waals surface area contributed by atoms with Crippen LogP contribution in [0, 0.1) is 11.3 Å². The second-order valence-electron chi connectivity index (χ2n) is 2.55. The maximum atomic E-state index is 8.51. The van der Waals surface area contributed by atoms with Crippen LogP contribution >= 0.6 is 0 Å². The molecule has 2 aromatic heterocycles. The van der Waals surface area contributed by atoms with Crippen LogP contribution in [0.25, 0.3) is 11.0 Å². The summed E-state index contributed by atoms with van der Waals surface area (Å²) in [5, 5.41) is 9.55. The molecule has 0 unspecified atom stereocenters. The van der Waals surface area contributed by atoms with Gasteiger partial charge in [-0.1, -0.05) is 13.8 Å². The van der Waals surface area contributed by atoms with Crippen molar-refractivity contribution in [2.45, 2.75) is 20.3 Å². The zero-order valence-electron chi connectivity index (χ0n) is 8.41. The van der Waals surface area contributed by atoms with Gasteiger partial charge in [0.15, 0.2) is 0 Å². The number of aromatic nitrogens is 2. The molecule has 3 heteroatoms. The Balaban J connectivity index is 0.000000461. The van der Waals surface area contributed by atoms with Crippen LogP contribution in [-0.4, -0.2) is 9.97 Å². The summed E-state index contributed by atoms with van der Waals surface area (Å²) in [6.07, 6.45) is 4.00. The molecule has 0 aliphatic heterocycles. The monoisotopic (exact) mass is 187 g/mol. The molecule has 0 radical (unpaired) electrons. The van der Waals surface area contributed by atoms with Gasteiger partial charge < -0.3 is 4.98 Å².